The lowest BCUT2D eigenvalue weighted by atomic mass is 10.1. The van der Waals surface area contributed by atoms with Gasteiger partial charge in [0.15, 0.2) is 12.3 Å². The van der Waals surface area contributed by atoms with E-state index in [2.05, 4.69) is 35.3 Å². The van der Waals surface area contributed by atoms with Crippen LogP contribution in [0.3, 0.4) is 0 Å². The van der Waals surface area contributed by atoms with Crippen LogP contribution in [-0.2, 0) is 9.53 Å². The van der Waals surface area contributed by atoms with Crippen molar-refractivity contribution in [1.82, 2.24) is 19.9 Å². The average Bonchev–Trinajstić information content (AvgIpc) is 3.45. The van der Waals surface area contributed by atoms with Crippen LogP contribution in [0.5, 0.6) is 5.75 Å². The van der Waals surface area contributed by atoms with Crippen molar-refractivity contribution in [2.45, 2.75) is 13.8 Å². The minimum atomic E-state index is -0.593. The quantitative estimate of drug-likeness (QED) is 0.308. The van der Waals surface area contributed by atoms with Crippen LogP contribution in [0.1, 0.15) is 32.1 Å². The van der Waals surface area contributed by atoms with Crippen LogP contribution in [-0.4, -0.2) is 51.4 Å². The number of methoxy groups -OCH3 is 1. The molecule has 0 unspecified atom stereocenters. The standard InChI is InChI=1S/C23H22N6O5/c1-12-4-6-15(13(2)8-12)26-21(31)19-20(25-11-24-19)22(32)29-23-27-16-7-5-14(9-17(16)28-23)34-10-18(30)33-3/h4-9,11H,10H2,1-3H3,(H,24,25)(H,26,31)(H2,27,28,29,32). The summed E-state index contributed by atoms with van der Waals surface area (Å²) in [5.74, 6) is -1.02. The number of nitrogens with one attached hydrogen (secondary N) is 4. The average molecular weight is 462 g/mol. The lowest BCUT2D eigenvalue weighted by Crippen LogP contribution is -2.21. The molecule has 0 spiro atoms. The Bertz CT molecular complexity index is 1390. The number of anilines is 2. The Hall–Kier alpha value is -4.67. The molecule has 4 rings (SSSR count). The highest BCUT2D eigenvalue weighted by Gasteiger charge is 2.22. The SMILES string of the molecule is COC(=O)COc1ccc2nc(NC(=O)c3[nH]cnc3C(=O)Nc3ccc(C)cc3C)[nH]c2c1. The highest BCUT2D eigenvalue weighted by Crippen LogP contribution is 2.22. The van der Waals surface area contributed by atoms with E-state index in [-0.39, 0.29) is 23.9 Å². The van der Waals surface area contributed by atoms with Gasteiger partial charge in [0.05, 0.1) is 24.5 Å². The van der Waals surface area contributed by atoms with Gasteiger partial charge in [-0.2, -0.15) is 0 Å². The third-order valence-corrected chi connectivity index (χ3v) is 4.98. The third-order valence-electron chi connectivity index (χ3n) is 4.98. The van der Waals surface area contributed by atoms with Crippen LogP contribution < -0.4 is 15.4 Å². The highest BCUT2D eigenvalue weighted by atomic mass is 16.6. The zero-order chi connectivity index (χ0) is 24.2. The van der Waals surface area contributed by atoms with E-state index >= 15 is 0 Å². The molecule has 0 aliphatic carbocycles. The lowest BCUT2D eigenvalue weighted by molar-refractivity contribution is -0.142. The van der Waals surface area contributed by atoms with Crippen LogP contribution in [0.15, 0.2) is 42.7 Å². The Kier molecular flexibility index (Phi) is 6.26. The van der Waals surface area contributed by atoms with Gasteiger partial charge in [-0.1, -0.05) is 17.7 Å². The summed E-state index contributed by atoms with van der Waals surface area (Å²) in [5, 5.41) is 5.40. The number of benzene rings is 2. The first kappa shape index (κ1) is 22.5. The summed E-state index contributed by atoms with van der Waals surface area (Å²) in [6.07, 6.45) is 1.27. The lowest BCUT2D eigenvalue weighted by Gasteiger charge is -2.09. The molecule has 0 atom stereocenters. The van der Waals surface area contributed by atoms with Crippen LogP contribution in [0.25, 0.3) is 11.0 Å². The first-order valence-electron chi connectivity index (χ1n) is 10.3. The van der Waals surface area contributed by atoms with Gasteiger partial charge in [0.2, 0.25) is 5.95 Å². The van der Waals surface area contributed by atoms with E-state index in [0.717, 1.165) is 11.1 Å². The molecule has 0 aliphatic rings. The molecule has 2 aromatic heterocycles. The molecule has 11 nitrogen and oxygen atoms in total. The number of fused-ring (bicyclic) bond motifs is 1. The number of hydrogen-bond donors (Lipinski definition) is 4. The summed E-state index contributed by atoms with van der Waals surface area (Å²) in [5.41, 5.74) is 3.69. The van der Waals surface area contributed by atoms with Gasteiger partial charge >= 0.3 is 5.97 Å². The maximum atomic E-state index is 12.8. The molecule has 2 heterocycles. The maximum Gasteiger partial charge on any atom is 0.343 e. The number of aromatic nitrogens is 4. The number of H-pyrrole nitrogens is 2. The number of nitrogens with zero attached hydrogens (tertiary/aromatic N) is 2. The van der Waals surface area contributed by atoms with E-state index < -0.39 is 17.8 Å². The molecule has 2 aromatic carbocycles. The Labute approximate surface area is 193 Å². The van der Waals surface area contributed by atoms with Crippen LogP contribution in [0.4, 0.5) is 11.6 Å². The summed E-state index contributed by atoms with van der Waals surface area (Å²) < 4.78 is 9.90. The second-order valence-corrected chi connectivity index (χ2v) is 7.48. The van der Waals surface area contributed by atoms with E-state index in [1.165, 1.54) is 13.4 Å². The van der Waals surface area contributed by atoms with Crippen molar-refractivity contribution in [3.63, 3.8) is 0 Å². The molecule has 0 bridgehead atoms. The summed E-state index contributed by atoms with van der Waals surface area (Å²) in [7, 11) is 1.27. The normalized spacial score (nSPS) is 10.7. The largest absolute Gasteiger partial charge is 0.482 e. The second-order valence-electron chi connectivity index (χ2n) is 7.48. The number of esters is 1. The smallest absolute Gasteiger partial charge is 0.343 e. The molecule has 4 N–H and O–H groups in total. The number of aromatic amines is 2. The molecule has 0 saturated carbocycles. The number of amides is 2. The van der Waals surface area contributed by atoms with Crippen molar-refractivity contribution in [3.8, 4) is 5.75 Å². The molecule has 0 saturated heterocycles. The molecule has 0 aliphatic heterocycles. The minimum absolute atomic E-state index is 0.00942. The van der Waals surface area contributed by atoms with Crippen LogP contribution in [0, 0.1) is 13.8 Å². The number of aryl methyl sites for hydroxylation is 2. The number of rotatable bonds is 7. The molecular formula is C23H22N6O5. The first-order valence-corrected chi connectivity index (χ1v) is 10.3. The van der Waals surface area contributed by atoms with Crippen molar-refractivity contribution >= 4 is 40.5 Å². The van der Waals surface area contributed by atoms with Gasteiger partial charge in [0, 0.05) is 11.8 Å². The fourth-order valence-electron chi connectivity index (χ4n) is 3.28. The Morgan fingerprint density at radius 3 is 2.62 bits per heavy atom. The van der Waals surface area contributed by atoms with Gasteiger partial charge in [0.1, 0.15) is 11.4 Å². The summed E-state index contributed by atoms with van der Waals surface area (Å²) in [6, 6.07) is 10.6. The van der Waals surface area contributed by atoms with Crippen LogP contribution >= 0.6 is 0 Å². The molecule has 0 fully saturated rings. The van der Waals surface area contributed by atoms with Gasteiger partial charge in [-0.3, -0.25) is 14.9 Å². The Balaban J connectivity index is 1.47. The summed E-state index contributed by atoms with van der Waals surface area (Å²) in [6.45, 7) is 3.61. The number of carbonyl (C=O) groups excluding carboxylic acids is 3. The van der Waals surface area contributed by atoms with Crippen molar-refractivity contribution in [2.75, 3.05) is 24.4 Å². The molecule has 11 heteroatoms. The van der Waals surface area contributed by atoms with E-state index in [9.17, 15) is 14.4 Å². The molecular weight excluding hydrogens is 440 g/mol. The van der Waals surface area contributed by atoms with E-state index in [4.69, 9.17) is 4.74 Å². The Morgan fingerprint density at radius 2 is 1.85 bits per heavy atom. The van der Waals surface area contributed by atoms with E-state index in [0.29, 0.717) is 22.5 Å². The zero-order valence-corrected chi connectivity index (χ0v) is 18.7. The first-order chi connectivity index (χ1) is 16.3. The topological polar surface area (TPSA) is 151 Å². The number of ether oxygens (including phenoxy) is 2. The van der Waals surface area contributed by atoms with Gasteiger partial charge in [-0.15, -0.1) is 0 Å². The monoisotopic (exact) mass is 462 g/mol. The minimum Gasteiger partial charge on any atom is -0.482 e. The fraction of sp³-hybridized carbons (Fsp3) is 0.174. The maximum absolute atomic E-state index is 12.8. The molecule has 4 aromatic rings. The molecule has 0 radical (unpaired) electrons. The summed E-state index contributed by atoms with van der Waals surface area (Å²) >= 11 is 0. The van der Waals surface area contributed by atoms with Crippen molar-refractivity contribution in [3.05, 3.63) is 65.2 Å². The summed E-state index contributed by atoms with van der Waals surface area (Å²) in [4.78, 5) is 50.8. The van der Waals surface area contributed by atoms with E-state index in [1.54, 1.807) is 24.3 Å². The highest BCUT2D eigenvalue weighted by molar-refractivity contribution is 6.13. The molecule has 174 valence electrons. The predicted octanol–water partition coefficient (Wildman–Crippen LogP) is 2.96. The van der Waals surface area contributed by atoms with Crippen LogP contribution in [0.2, 0.25) is 0 Å². The van der Waals surface area contributed by atoms with Crippen molar-refractivity contribution < 1.29 is 23.9 Å². The molecule has 2 amide bonds. The van der Waals surface area contributed by atoms with E-state index in [1.807, 2.05) is 26.0 Å². The fourth-order valence-corrected chi connectivity index (χ4v) is 3.28. The second kappa shape index (κ2) is 9.45. The Morgan fingerprint density at radius 1 is 1.03 bits per heavy atom. The van der Waals surface area contributed by atoms with Gasteiger partial charge in [-0.25, -0.2) is 14.8 Å². The number of imidazole rings is 2. The van der Waals surface area contributed by atoms with Crippen molar-refractivity contribution in [2.24, 2.45) is 0 Å². The van der Waals surface area contributed by atoms with Gasteiger partial charge < -0.3 is 24.8 Å². The third kappa shape index (κ3) is 4.88. The number of hydrogen-bond acceptors (Lipinski definition) is 7. The number of carbonyl (C=O) groups is 3. The predicted molar refractivity (Wildman–Crippen MR) is 124 cm³/mol. The molecule has 34 heavy (non-hydrogen) atoms. The zero-order valence-electron chi connectivity index (χ0n) is 18.7. The van der Waals surface area contributed by atoms with Gasteiger partial charge in [-0.05, 0) is 37.6 Å². The van der Waals surface area contributed by atoms with Gasteiger partial charge in [0.25, 0.3) is 11.8 Å². The van der Waals surface area contributed by atoms with Crippen molar-refractivity contribution in [1.29, 1.82) is 0 Å².